The van der Waals surface area contributed by atoms with Gasteiger partial charge in [-0.1, -0.05) is 37.3 Å². The van der Waals surface area contributed by atoms with Crippen LogP contribution in [-0.4, -0.2) is 37.0 Å². The van der Waals surface area contributed by atoms with E-state index in [9.17, 15) is 9.59 Å². The molecule has 5 heteroatoms. The first-order valence-electron chi connectivity index (χ1n) is 8.54. The van der Waals surface area contributed by atoms with E-state index in [-0.39, 0.29) is 17.8 Å². The van der Waals surface area contributed by atoms with Crippen LogP contribution in [0.5, 0.6) is 0 Å². The van der Waals surface area contributed by atoms with Gasteiger partial charge >= 0.3 is 5.97 Å². The van der Waals surface area contributed by atoms with Crippen LogP contribution in [0, 0.1) is 5.92 Å². The number of hydrogen-bond acceptors (Lipinski definition) is 4. The van der Waals surface area contributed by atoms with E-state index in [1.807, 2.05) is 49.4 Å². The fourth-order valence-corrected chi connectivity index (χ4v) is 2.67. The van der Waals surface area contributed by atoms with Crippen molar-refractivity contribution in [1.82, 2.24) is 4.90 Å². The number of furan rings is 1. The molecule has 1 atom stereocenters. The number of aryl methyl sites for hydroxylation is 1. The first-order chi connectivity index (χ1) is 12.0. The Bertz CT molecular complexity index is 693. The van der Waals surface area contributed by atoms with E-state index in [2.05, 4.69) is 0 Å². The highest BCUT2D eigenvalue weighted by Gasteiger charge is 2.20. The van der Waals surface area contributed by atoms with Crippen molar-refractivity contribution in [1.29, 1.82) is 0 Å². The number of methoxy groups -OCH3 is 1. The number of benzene rings is 1. The fraction of sp³-hybridized carbons (Fsp3) is 0.400. The average Bonchev–Trinajstić information content (AvgIpc) is 3.13. The molecule has 0 radical (unpaired) electrons. The molecule has 2 rings (SSSR count). The molecule has 1 unspecified atom stereocenters. The van der Waals surface area contributed by atoms with Crippen LogP contribution in [-0.2, 0) is 20.7 Å². The van der Waals surface area contributed by atoms with Crippen molar-refractivity contribution >= 4 is 11.9 Å². The van der Waals surface area contributed by atoms with E-state index in [0.29, 0.717) is 25.9 Å². The van der Waals surface area contributed by atoms with Gasteiger partial charge in [0, 0.05) is 31.5 Å². The zero-order chi connectivity index (χ0) is 18.2. The number of rotatable bonds is 8. The van der Waals surface area contributed by atoms with Crippen molar-refractivity contribution < 1.29 is 18.7 Å². The number of carbonyl (C=O) groups excluding carboxylic acids is 2. The van der Waals surface area contributed by atoms with Crippen LogP contribution in [0.15, 0.2) is 46.9 Å². The highest BCUT2D eigenvalue weighted by Crippen LogP contribution is 2.22. The van der Waals surface area contributed by atoms with Gasteiger partial charge in [-0.15, -0.1) is 0 Å². The third-order valence-electron chi connectivity index (χ3n) is 4.14. The predicted octanol–water partition coefficient (Wildman–Crippen LogP) is 3.54. The predicted molar refractivity (Wildman–Crippen MR) is 95.9 cm³/mol. The van der Waals surface area contributed by atoms with Crippen molar-refractivity contribution in [2.75, 3.05) is 20.2 Å². The first-order valence-corrected chi connectivity index (χ1v) is 8.54. The summed E-state index contributed by atoms with van der Waals surface area (Å²) in [6.45, 7) is 4.60. The molecule has 0 aliphatic heterocycles. The van der Waals surface area contributed by atoms with Crippen molar-refractivity contribution in [2.45, 2.75) is 26.7 Å². The summed E-state index contributed by atoms with van der Waals surface area (Å²) in [4.78, 5) is 25.6. The van der Waals surface area contributed by atoms with Gasteiger partial charge in [-0.2, -0.15) is 0 Å². The van der Waals surface area contributed by atoms with Crippen LogP contribution in [0.25, 0.3) is 11.3 Å². The minimum atomic E-state index is -0.331. The molecule has 2 aromatic rings. The van der Waals surface area contributed by atoms with Gasteiger partial charge in [0.15, 0.2) is 0 Å². The third-order valence-corrected chi connectivity index (χ3v) is 4.14. The molecule has 25 heavy (non-hydrogen) atoms. The third kappa shape index (κ3) is 5.21. The number of carbonyl (C=O) groups is 2. The highest BCUT2D eigenvalue weighted by atomic mass is 16.5. The van der Waals surface area contributed by atoms with E-state index < -0.39 is 0 Å². The average molecular weight is 343 g/mol. The van der Waals surface area contributed by atoms with Crippen LogP contribution in [0.3, 0.4) is 0 Å². The smallest absolute Gasteiger partial charge is 0.310 e. The summed E-state index contributed by atoms with van der Waals surface area (Å²) in [6.07, 6.45) is 0.887. The fourth-order valence-electron chi connectivity index (χ4n) is 2.67. The van der Waals surface area contributed by atoms with Gasteiger partial charge in [-0.05, 0) is 19.1 Å². The summed E-state index contributed by atoms with van der Waals surface area (Å²) >= 11 is 0. The molecular formula is C20H25NO4. The Hall–Kier alpha value is -2.56. The van der Waals surface area contributed by atoms with Crippen LogP contribution in [0.4, 0.5) is 0 Å². The summed E-state index contributed by atoms with van der Waals surface area (Å²) < 4.78 is 10.5. The second kappa shape index (κ2) is 9.06. The van der Waals surface area contributed by atoms with Crippen LogP contribution >= 0.6 is 0 Å². The van der Waals surface area contributed by atoms with Crippen LogP contribution in [0.1, 0.15) is 26.0 Å². The Morgan fingerprint density at radius 3 is 2.52 bits per heavy atom. The van der Waals surface area contributed by atoms with Gasteiger partial charge in [0.1, 0.15) is 11.5 Å². The maximum absolute atomic E-state index is 12.4. The van der Waals surface area contributed by atoms with Gasteiger partial charge in [0.05, 0.1) is 13.0 Å². The molecule has 134 valence electrons. The van der Waals surface area contributed by atoms with Gasteiger partial charge in [0.25, 0.3) is 0 Å². The summed E-state index contributed by atoms with van der Waals surface area (Å²) in [5.74, 6) is 0.960. The SMILES string of the molecule is CCN(CC(C)C(=O)OC)C(=O)CCc1ccc(-c2ccccc2)o1. The van der Waals surface area contributed by atoms with Crippen molar-refractivity contribution in [2.24, 2.45) is 5.92 Å². The molecule has 0 spiro atoms. The highest BCUT2D eigenvalue weighted by molar-refractivity contribution is 5.78. The van der Waals surface area contributed by atoms with Crippen LogP contribution < -0.4 is 0 Å². The number of esters is 1. The molecule has 1 aromatic carbocycles. The van der Waals surface area contributed by atoms with E-state index >= 15 is 0 Å². The van der Waals surface area contributed by atoms with Gasteiger partial charge < -0.3 is 14.1 Å². The summed E-state index contributed by atoms with van der Waals surface area (Å²) in [7, 11) is 1.36. The number of ether oxygens (including phenoxy) is 1. The first kappa shape index (κ1) is 18.8. The molecular weight excluding hydrogens is 318 g/mol. The van der Waals surface area contributed by atoms with E-state index in [0.717, 1.165) is 17.1 Å². The monoisotopic (exact) mass is 343 g/mol. The molecule has 0 saturated heterocycles. The van der Waals surface area contributed by atoms with Gasteiger partial charge in [-0.25, -0.2) is 0 Å². The molecule has 1 amide bonds. The lowest BCUT2D eigenvalue weighted by molar-refractivity contribution is -0.146. The molecule has 0 fully saturated rings. The Balaban J connectivity index is 1.90. The largest absolute Gasteiger partial charge is 0.469 e. The molecule has 0 saturated carbocycles. The number of nitrogens with zero attached hydrogens (tertiary/aromatic N) is 1. The summed E-state index contributed by atoms with van der Waals surface area (Å²) in [5.41, 5.74) is 1.02. The lowest BCUT2D eigenvalue weighted by Gasteiger charge is -2.23. The zero-order valence-corrected chi connectivity index (χ0v) is 15.0. The van der Waals surface area contributed by atoms with E-state index in [1.165, 1.54) is 7.11 Å². The topological polar surface area (TPSA) is 59.8 Å². The molecule has 0 aliphatic carbocycles. The Kier molecular flexibility index (Phi) is 6.81. The molecule has 0 N–H and O–H groups in total. The lowest BCUT2D eigenvalue weighted by Crippen LogP contribution is -2.37. The van der Waals surface area contributed by atoms with Crippen molar-refractivity contribution in [3.05, 3.63) is 48.2 Å². The van der Waals surface area contributed by atoms with Crippen molar-refractivity contribution in [3.8, 4) is 11.3 Å². The molecule has 1 heterocycles. The van der Waals surface area contributed by atoms with E-state index in [1.54, 1.807) is 11.8 Å². The Morgan fingerprint density at radius 2 is 1.88 bits per heavy atom. The second-order valence-corrected chi connectivity index (χ2v) is 5.99. The minimum absolute atomic E-state index is 0.0101. The molecule has 0 aliphatic rings. The lowest BCUT2D eigenvalue weighted by atomic mass is 10.1. The normalized spacial score (nSPS) is 11.8. The minimum Gasteiger partial charge on any atom is -0.469 e. The van der Waals surface area contributed by atoms with E-state index in [4.69, 9.17) is 9.15 Å². The quantitative estimate of drug-likeness (QED) is 0.688. The van der Waals surface area contributed by atoms with Gasteiger partial charge in [0.2, 0.25) is 5.91 Å². The molecule has 0 bridgehead atoms. The maximum Gasteiger partial charge on any atom is 0.310 e. The Morgan fingerprint density at radius 1 is 1.16 bits per heavy atom. The number of hydrogen-bond donors (Lipinski definition) is 0. The van der Waals surface area contributed by atoms with Crippen LogP contribution in [0.2, 0.25) is 0 Å². The molecule has 1 aromatic heterocycles. The number of amides is 1. The summed E-state index contributed by atoms with van der Waals surface area (Å²) in [6, 6.07) is 13.7. The maximum atomic E-state index is 12.4. The summed E-state index contributed by atoms with van der Waals surface area (Å²) in [5, 5.41) is 0. The van der Waals surface area contributed by atoms with Gasteiger partial charge in [-0.3, -0.25) is 9.59 Å². The zero-order valence-electron chi connectivity index (χ0n) is 15.0. The molecule has 5 nitrogen and oxygen atoms in total. The second-order valence-electron chi connectivity index (χ2n) is 5.99. The van der Waals surface area contributed by atoms with Crippen molar-refractivity contribution in [3.63, 3.8) is 0 Å². The standard InChI is InChI=1S/C20H25NO4/c1-4-21(14-15(2)20(23)24-3)19(22)13-11-17-10-12-18(25-17)16-8-6-5-7-9-16/h5-10,12,15H,4,11,13-14H2,1-3H3. The Labute approximate surface area is 148 Å².